The zero-order valence-corrected chi connectivity index (χ0v) is 13.5. The number of anilines is 1. The minimum atomic E-state index is -0.171. The van der Waals surface area contributed by atoms with Crippen LogP contribution in [0.5, 0.6) is 0 Å². The lowest BCUT2D eigenvalue weighted by Crippen LogP contribution is -2.34. The van der Waals surface area contributed by atoms with Gasteiger partial charge in [0.2, 0.25) is 0 Å². The first-order valence-corrected chi connectivity index (χ1v) is 7.63. The summed E-state index contributed by atoms with van der Waals surface area (Å²) < 4.78 is 0. The third-order valence-corrected chi connectivity index (χ3v) is 3.51. The first-order chi connectivity index (χ1) is 10.1. The fourth-order valence-electron chi connectivity index (χ4n) is 2.13. The van der Waals surface area contributed by atoms with Crippen molar-refractivity contribution in [3.8, 4) is 0 Å². The standard InChI is InChI=1S/C15H27N5O/c1-5-20(6-2)9-7-8-12(3)18-15(21)13-10-17-11-14(16-4)19-13/h10-12H,5-9H2,1-4H3,(H,16,19)(H,18,21). The molecule has 1 aromatic heterocycles. The Morgan fingerprint density at radius 3 is 2.67 bits per heavy atom. The van der Waals surface area contributed by atoms with Crippen molar-refractivity contribution >= 4 is 11.7 Å². The maximum Gasteiger partial charge on any atom is 0.271 e. The van der Waals surface area contributed by atoms with Gasteiger partial charge in [-0.15, -0.1) is 0 Å². The van der Waals surface area contributed by atoms with Crippen molar-refractivity contribution in [3.63, 3.8) is 0 Å². The number of amides is 1. The van der Waals surface area contributed by atoms with Crippen LogP contribution in [-0.2, 0) is 0 Å². The maximum atomic E-state index is 12.1. The number of rotatable bonds is 9. The van der Waals surface area contributed by atoms with Gasteiger partial charge in [-0.3, -0.25) is 9.78 Å². The van der Waals surface area contributed by atoms with E-state index in [0.29, 0.717) is 11.5 Å². The maximum absolute atomic E-state index is 12.1. The highest BCUT2D eigenvalue weighted by molar-refractivity contribution is 5.92. The zero-order valence-electron chi connectivity index (χ0n) is 13.5. The summed E-state index contributed by atoms with van der Waals surface area (Å²) in [7, 11) is 1.75. The van der Waals surface area contributed by atoms with Crippen LogP contribution in [0.4, 0.5) is 5.82 Å². The Labute approximate surface area is 127 Å². The van der Waals surface area contributed by atoms with Crippen molar-refractivity contribution < 1.29 is 4.79 Å². The van der Waals surface area contributed by atoms with Gasteiger partial charge in [-0.25, -0.2) is 4.98 Å². The van der Waals surface area contributed by atoms with E-state index in [4.69, 9.17) is 0 Å². The Bertz CT molecular complexity index is 434. The summed E-state index contributed by atoms with van der Waals surface area (Å²) in [6, 6.07) is 0.133. The van der Waals surface area contributed by atoms with Crippen LogP contribution < -0.4 is 10.6 Å². The predicted molar refractivity (Wildman–Crippen MR) is 85.5 cm³/mol. The minimum absolute atomic E-state index is 0.133. The van der Waals surface area contributed by atoms with Crippen LogP contribution in [0, 0.1) is 0 Å². The van der Waals surface area contributed by atoms with Gasteiger partial charge in [0.15, 0.2) is 0 Å². The third-order valence-electron chi connectivity index (χ3n) is 3.51. The highest BCUT2D eigenvalue weighted by atomic mass is 16.1. The van der Waals surface area contributed by atoms with E-state index in [1.54, 1.807) is 13.2 Å². The van der Waals surface area contributed by atoms with E-state index >= 15 is 0 Å². The molecule has 21 heavy (non-hydrogen) atoms. The van der Waals surface area contributed by atoms with E-state index < -0.39 is 0 Å². The van der Waals surface area contributed by atoms with Gasteiger partial charge in [-0.05, 0) is 39.4 Å². The minimum Gasteiger partial charge on any atom is -0.372 e. The van der Waals surface area contributed by atoms with Gasteiger partial charge < -0.3 is 15.5 Å². The average Bonchev–Trinajstić information content (AvgIpc) is 2.51. The van der Waals surface area contributed by atoms with Gasteiger partial charge in [0.05, 0.1) is 12.4 Å². The molecular weight excluding hydrogens is 266 g/mol. The van der Waals surface area contributed by atoms with Gasteiger partial charge in [0, 0.05) is 13.1 Å². The fourth-order valence-corrected chi connectivity index (χ4v) is 2.13. The van der Waals surface area contributed by atoms with Crippen LogP contribution in [0.2, 0.25) is 0 Å². The van der Waals surface area contributed by atoms with Crippen molar-refractivity contribution in [2.24, 2.45) is 0 Å². The number of carbonyl (C=O) groups is 1. The van der Waals surface area contributed by atoms with Gasteiger partial charge >= 0.3 is 0 Å². The monoisotopic (exact) mass is 293 g/mol. The number of hydrogen-bond acceptors (Lipinski definition) is 5. The highest BCUT2D eigenvalue weighted by Gasteiger charge is 2.12. The molecule has 1 rings (SSSR count). The number of nitrogens with one attached hydrogen (secondary N) is 2. The van der Waals surface area contributed by atoms with E-state index in [-0.39, 0.29) is 11.9 Å². The molecule has 6 heteroatoms. The molecule has 2 N–H and O–H groups in total. The van der Waals surface area contributed by atoms with E-state index in [9.17, 15) is 4.79 Å². The van der Waals surface area contributed by atoms with Crippen molar-refractivity contribution in [3.05, 3.63) is 18.1 Å². The van der Waals surface area contributed by atoms with E-state index in [1.165, 1.54) is 6.20 Å². The molecule has 1 unspecified atom stereocenters. The molecule has 6 nitrogen and oxygen atoms in total. The van der Waals surface area contributed by atoms with E-state index in [2.05, 4.69) is 39.3 Å². The number of hydrogen-bond donors (Lipinski definition) is 2. The van der Waals surface area contributed by atoms with Crippen molar-refractivity contribution in [1.82, 2.24) is 20.2 Å². The lowest BCUT2D eigenvalue weighted by molar-refractivity contribution is 0.0932. The molecule has 1 aromatic rings. The number of nitrogens with zero attached hydrogens (tertiary/aromatic N) is 3. The van der Waals surface area contributed by atoms with Crippen LogP contribution in [0.1, 0.15) is 44.1 Å². The second-order valence-electron chi connectivity index (χ2n) is 5.08. The molecule has 1 heterocycles. The molecule has 0 radical (unpaired) electrons. The summed E-state index contributed by atoms with van der Waals surface area (Å²) in [6.45, 7) is 9.58. The summed E-state index contributed by atoms with van der Waals surface area (Å²) in [5.74, 6) is 0.423. The van der Waals surface area contributed by atoms with E-state index in [0.717, 1.165) is 32.5 Å². The molecule has 0 saturated heterocycles. The topological polar surface area (TPSA) is 70.2 Å². The summed E-state index contributed by atoms with van der Waals surface area (Å²) in [4.78, 5) is 22.7. The Kier molecular flexibility index (Phi) is 7.68. The molecule has 0 aliphatic carbocycles. The Morgan fingerprint density at radius 2 is 2.05 bits per heavy atom. The average molecular weight is 293 g/mol. The van der Waals surface area contributed by atoms with Crippen LogP contribution in [0.15, 0.2) is 12.4 Å². The zero-order chi connectivity index (χ0) is 15.7. The van der Waals surface area contributed by atoms with Crippen LogP contribution >= 0.6 is 0 Å². The van der Waals surface area contributed by atoms with Gasteiger partial charge in [0.1, 0.15) is 11.5 Å². The molecule has 1 amide bonds. The molecule has 118 valence electrons. The first kappa shape index (κ1) is 17.4. The summed E-state index contributed by atoms with van der Waals surface area (Å²) in [5, 5.41) is 5.85. The third kappa shape index (κ3) is 6.08. The van der Waals surface area contributed by atoms with Crippen molar-refractivity contribution in [2.75, 3.05) is 32.0 Å². The molecule has 0 aliphatic heterocycles. The molecule has 1 atom stereocenters. The van der Waals surface area contributed by atoms with Gasteiger partial charge in [0.25, 0.3) is 5.91 Å². The summed E-state index contributed by atoms with van der Waals surface area (Å²) >= 11 is 0. The SMILES string of the molecule is CCN(CC)CCCC(C)NC(=O)c1cncc(NC)n1. The lowest BCUT2D eigenvalue weighted by Gasteiger charge is -2.19. The van der Waals surface area contributed by atoms with Crippen LogP contribution in [0.3, 0.4) is 0 Å². The second-order valence-corrected chi connectivity index (χ2v) is 5.08. The van der Waals surface area contributed by atoms with E-state index in [1.807, 2.05) is 6.92 Å². The smallest absolute Gasteiger partial charge is 0.271 e. The Hall–Kier alpha value is -1.69. The molecule has 0 fully saturated rings. The fraction of sp³-hybridized carbons (Fsp3) is 0.667. The molecule has 0 aromatic carbocycles. The molecule has 0 aliphatic rings. The second kappa shape index (κ2) is 9.28. The molecule has 0 saturated carbocycles. The lowest BCUT2D eigenvalue weighted by atomic mass is 10.1. The van der Waals surface area contributed by atoms with Gasteiger partial charge in [-0.2, -0.15) is 0 Å². The number of carbonyl (C=O) groups excluding carboxylic acids is 1. The van der Waals surface area contributed by atoms with Crippen LogP contribution in [-0.4, -0.2) is 53.5 Å². The first-order valence-electron chi connectivity index (χ1n) is 7.63. The molecular formula is C15H27N5O. The van der Waals surface area contributed by atoms with Crippen molar-refractivity contribution in [1.29, 1.82) is 0 Å². The predicted octanol–water partition coefficient (Wildman–Crippen LogP) is 1.76. The van der Waals surface area contributed by atoms with Gasteiger partial charge in [-0.1, -0.05) is 13.8 Å². The quantitative estimate of drug-likeness (QED) is 0.726. The van der Waals surface area contributed by atoms with Crippen molar-refractivity contribution in [2.45, 2.75) is 39.7 Å². The number of aromatic nitrogens is 2. The molecule has 0 spiro atoms. The highest BCUT2D eigenvalue weighted by Crippen LogP contribution is 2.03. The largest absolute Gasteiger partial charge is 0.372 e. The summed E-state index contributed by atoms with van der Waals surface area (Å²) in [5.41, 5.74) is 0.345. The summed E-state index contributed by atoms with van der Waals surface area (Å²) in [6.07, 6.45) is 5.11. The molecule has 0 bridgehead atoms. The Balaban J connectivity index is 2.39. The Morgan fingerprint density at radius 1 is 1.33 bits per heavy atom. The van der Waals surface area contributed by atoms with Crippen LogP contribution in [0.25, 0.3) is 0 Å². The normalized spacial score (nSPS) is 12.2.